The van der Waals surface area contributed by atoms with Gasteiger partial charge in [0.15, 0.2) is 11.8 Å². The summed E-state index contributed by atoms with van der Waals surface area (Å²) in [5.74, 6) is 3.33. The van der Waals surface area contributed by atoms with Crippen molar-refractivity contribution in [2.24, 2.45) is 12.0 Å². The SMILES string of the molecule is COc1ccc(C)cc1C(C)NC(=NCc1nnc(C)n1C)NCCCN1CCOCC1. The van der Waals surface area contributed by atoms with E-state index in [0.29, 0.717) is 6.54 Å². The van der Waals surface area contributed by atoms with E-state index in [4.69, 9.17) is 14.5 Å². The van der Waals surface area contributed by atoms with E-state index in [9.17, 15) is 0 Å². The summed E-state index contributed by atoms with van der Waals surface area (Å²) in [5.41, 5.74) is 2.30. The molecule has 9 heteroatoms. The molecule has 0 spiro atoms. The average Bonchev–Trinajstić information content (AvgIpc) is 3.12. The lowest BCUT2D eigenvalue weighted by Gasteiger charge is -2.26. The van der Waals surface area contributed by atoms with Gasteiger partial charge in [0, 0.05) is 32.2 Å². The lowest BCUT2D eigenvalue weighted by molar-refractivity contribution is 0.0376. The number of ether oxygens (including phenoxy) is 2. The first-order valence-electron chi connectivity index (χ1n) is 11.3. The van der Waals surface area contributed by atoms with Gasteiger partial charge in [-0.05, 0) is 39.8 Å². The Kier molecular flexibility index (Phi) is 8.87. The van der Waals surface area contributed by atoms with Crippen LogP contribution in [0, 0.1) is 13.8 Å². The van der Waals surface area contributed by atoms with Gasteiger partial charge in [-0.2, -0.15) is 0 Å². The van der Waals surface area contributed by atoms with Crippen molar-refractivity contribution in [3.8, 4) is 5.75 Å². The van der Waals surface area contributed by atoms with Crippen molar-refractivity contribution in [1.29, 1.82) is 0 Å². The number of morpholine rings is 1. The van der Waals surface area contributed by atoms with Crippen LogP contribution in [0.5, 0.6) is 5.75 Å². The molecule has 2 heterocycles. The molecule has 0 aliphatic carbocycles. The van der Waals surface area contributed by atoms with Crippen molar-refractivity contribution < 1.29 is 9.47 Å². The molecule has 1 aliphatic heterocycles. The maximum atomic E-state index is 5.58. The molecule has 1 aliphatic rings. The summed E-state index contributed by atoms with van der Waals surface area (Å²) in [6, 6.07) is 6.25. The van der Waals surface area contributed by atoms with Crippen LogP contribution >= 0.6 is 0 Å². The first-order chi connectivity index (χ1) is 15.5. The van der Waals surface area contributed by atoms with E-state index in [-0.39, 0.29) is 6.04 Å². The fraction of sp³-hybridized carbons (Fsp3) is 0.609. The van der Waals surface area contributed by atoms with Crippen LogP contribution in [-0.4, -0.2) is 72.1 Å². The highest BCUT2D eigenvalue weighted by Crippen LogP contribution is 2.26. The van der Waals surface area contributed by atoms with Crippen molar-refractivity contribution in [2.45, 2.75) is 39.8 Å². The Hall–Kier alpha value is -2.65. The number of methoxy groups -OCH3 is 1. The van der Waals surface area contributed by atoms with Crippen LogP contribution in [0.1, 0.15) is 42.2 Å². The molecule has 0 bridgehead atoms. The van der Waals surface area contributed by atoms with E-state index < -0.39 is 0 Å². The second-order valence-electron chi connectivity index (χ2n) is 8.23. The molecular weight excluding hydrogens is 406 g/mol. The van der Waals surface area contributed by atoms with Crippen molar-refractivity contribution in [1.82, 2.24) is 30.3 Å². The third-order valence-corrected chi connectivity index (χ3v) is 5.81. The smallest absolute Gasteiger partial charge is 0.192 e. The highest BCUT2D eigenvalue weighted by molar-refractivity contribution is 5.80. The molecule has 9 nitrogen and oxygen atoms in total. The second kappa shape index (κ2) is 11.8. The lowest BCUT2D eigenvalue weighted by Crippen LogP contribution is -2.41. The number of nitrogens with one attached hydrogen (secondary N) is 2. The Bertz CT molecular complexity index is 890. The first kappa shape index (κ1) is 24.0. The summed E-state index contributed by atoms with van der Waals surface area (Å²) in [6.07, 6.45) is 1.03. The van der Waals surface area contributed by atoms with Gasteiger partial charge in [0.1, 0.15) is 18.1 Å². The summed E-state index contributed by atoms with van der Waals surface area (Å²) in [7, 11) is 3.67. The highest BCUT2D eigenvalue weighted by atomic mass is 16.5. The van der Waals surface area contributed by atoms with Gasteiger partial charge >= 0.3 is 0 Å². The summed E-state index contributed by atoms with van der Waals surface area (Å²) < 4.78 is 13.0. The van der Waals surface area contributed by atoms with Gasteiger partial charge in [-0.1, -0.05) is 17.7 Å². The third-order valence-electron chi connectivity index (χ3n) is 5.81. The molecule has 1 atom stereocenters. The number of hydrogen-bond acceptors (Lipinski definition) is 6. The summed E-state index contributed by atoms with van der Waals surface area (Å²) in [6.45, 7) is 12.2. The zero-order valence-electron chi connectivity index (χ0n) is 20.0. The molecule has 32 heavy (non-hydrogen) atoms. The predicted octanol–water partition coefficient (Wildman–Crippen LogP) is 1.96. The number of aliphatic imine (C=N–C) groups is 1. The molecule has 1 saturated heterocycles. The molecular formula is C23H37N7O2. The van der Waals surface area contributed by atoms with Crippen molar-refractivity contribution >= 4 is 5.96 Å². The number of hydrogen-bond donors (Lipinski definition) is 2. The molecule has 2 aromatic rings. The maximum absolute atomic E-state index is 5.58. The number of nitrogens with zero attached hydrogens (tertiary/aromatic N) is 5. The fourth-order valence-corrected chi connectivity index (χ4v) is 3.70. The van der Waals surface area contributed by atoms with Crippen LogP contribution in [0.4, 0.5) is 0 Å². The topological polar surface area (TPSA) is 88.8 Å². The Morgan fingerprint density at radius 2 is 2.03 bits per heavy atom. The average molecular weight is 444 g/mol. The zero-order valence-corrected chi connectivity index (χ0v) is 20.0. The van der Waals surface area contributed by atoms with Gasteiger partial charge in [0.25, 0.3) is 0 Å². The van der Waals surface area contributed by atoms with Crippen LogP contribution in [0.2, 0.25) is 0 Å². The summed E-state index contributed by atoms with van der Waals surface area (Å²) in [4.78, 5) is 7.24. The summed E-state index contributed by atoms with van der Waals surface area (Å²) >= 11 is 0. The van der Waals surface area contributed by atoms with E-state index in [2.05, 4.69) is 51.7 Å². The van der Waals surface area contributed by atoms with Gasteiger partial charge < -0.3 is 24.7 Å². The van der Waals surface area contributed by atoms with Crippen LogP contribution in [0.3, 0.4) is 0 Å². The molecule has 2 N–H and O–H groups in total. The van der Waals surface area contributed by atoms with Crippen molar-refractivity contribution in [3.63, 3.8) is 0 Å². The number of aromatic nitrogens is 3. The first-order valence-corrected chi connectivity index (χ1v) is 11.3. The van der Waals surface area contributed by atoms with Crippen LogP contribution in [-0.2, 0) is 18.3 Å². The van der Waals surface area contributed by atoms with E-state index >= 15 is 0 Å². The van der Waals surface area contributed by atoms with Crippen molar-refractivity contribution in [2.75, 3.05) is 46.5 Å². The minimum Gasteiger partial charge on any atom is -0.496 e. The second-order valence-corrected chi connectivity index (χ2v) is 8.23. The van der Waals surface area contributed by atoms with Gasteiger partial charge in [-0.25, -0.2) is 4.99 Å². The normalized spacial score (nSPS) is 16.1. The fourth-order valence-electron chi connectivity index (χ4n) is 3.70. The van der Waals surface area contributed by atoms with Gasteiger partial charge in [-0.15, -0.1) is 10.2 Å². The molecule has 0 radical (unpaired) electrons. The largest absolute Gasteiger partial charge is 0.496 e. The van der Waals surface area contributed by atoms with E-state index in [1.165, 1.54) is 5.56 Å². The van der Waals surface area contributed by atoms with Gasteiger partial charge in [0.2, 0.25) is 0 Å². The molecule has 176 valence electrons. The maximum Gasteiger partial charge on any atom is 0.192 e. The van der Waals surface area contributed by atoms with Crippen LogP contribution < -0.4 is 15.4 Å². The Balaban J connectivity index is 1.65. The number of benzene rings is 1. The minimum absolute atomic E-state index is 0.0246. The minimum atomic E-state index is 0.0246. The highest BCUT2D eigenvalue weighted by Gasteiger charge is 2.15. The van der Waals surface area contributed by atoms with Gasteiger partial charge in [-0.3, -0.25) is 4.90 Å². The molecule has 1 aromatic carbocycles. The van der Waals surface area contributed by atoms with E-state index in [1.807, 2.05) is 24.6 Å². The molecule has 1 fully saturated rings. The third kappa shape index (κ3) is 6.67. The van der Waals surface area contributed by atoms with E-state index in [0.717, 1.165) is 74.7 Å². The monoisotopic (exact) mass is 443 g/mol. The van der Waals surface area contributed by atoms with Crippen LogP contribution in [0.25, 0.3) is 0 Å². The van der Waals surface area contributed by atoms with Crippen molar-refractivity contribution in [3.05, 3.63) is 41.0 Å². The lowest BCUT2D eigenvalue weighted by atomic mass is 10.0. The standard InChI is InChI=1S/C23H37N7O2/c1-17-7-8-21(31-5)20(15-17)18(2)26-23(25-16-22-28-27-19(3)29(22)4)24-9-6-10-30-11-13-32-14-12-30/h7-8,15,18H,6,9-14,16H2,1-5H3,(H2,24,25,26). The van der Waals surface area contributed by atoms with Gasteiger partial charge in [0.05, 0.1) is 26.4 Å². The predicted molar refractivity (Wildman–Crippen MR) is 126 cm³/mol. The zero-order chi connectivity index (χ0) is 22.9. The Morgan fingerprint density at radius 3 is 2.72 bits per heavy atom. The molecule has 0 saturated carbocycles. The van der Waals surface area contributed by atoms with E-state index in [1.54, 1.807) is 7.11 Å². The number of guanidine groups is 1. The number of rotatable bonds is 9. The summed E-state index contributed by atoms with van der Waals surface area (Å²) in [5, 5.41) is 15.4. The van der Waals surface area contributed by atoms with Crippen LogP contribution in [0.15, 0.2) is 23.2 Å². The molecule has 1 unspecified atom stereocenters. The molecule has 1 aromatic heterocycles. The Labute approximate surface area is 191 Å². The number of aryl methyl sites for hydroxylation is 2. The molecule has 3 rings (SSSR count). The Morgan fingerprint density at radius 1 is 1.25 bits per heavy atom. The molecule has 0 amide bonds. The quantitative estimate of drug-likeness (QED) is 0.348.